The monoisotopic (exact) mass is 325 g/mol. The highest BCUT2D eigenvalue weighted by atomic mass is 32.1. The Morgan fingerprint density at radius 1 is 1.09 bits per heavy atom. The zero-order chi connectivity index (χ0) is 16.2. The molecule has 2 N–H and O–H groups in total. The minimum absolute atomic E-state index is 0.278. The van der Waals surface area contributed by atoms with E-state index in [-0.39, 0.29) is 11.8 Å². The first-order valence-corrected chi connectivity index (χ1v) is 8.02. The molecule has 0 spiro atoms. The Bertz CT molecular complexity index is 845. The van der Waals surface area contributed by atoms with Crippen LogP contribution in [-0.4, -0.2) is 22.8 Å². The van der Waals surface area contributed by atoms with Gasteiger partial charge in [0.05, 0.1) is 15.9 Å². The zero-order valence-corrected chi connectivity index (χ0v) is 13.3. The third-order valence-electron chi connectivity index (χ3n) is 3.40. The van der Waals surface area contributed by atoms with Gasteiger partial charge in [0, 0.05) is 5.56 Å². The lowest BCUT2D eigenvalue weighted by molar-refractivity contribution is -0.117. The fourth-order valence-corrected chi connectivity index (χ4v) is 2.87. The molecule has 0 bridgehead atoms. The summed E-state index contributed by atoms with van der Waals surface area (Å²) in [5, 5.41) is 5.51. The van der Waals surface area contributed by atoms with E-state index in [9.17, 15) is 9.59 Å². The number of aromatic nitrogens is 1. The van der Waals surface area contributed by atoms with Gasteiger partial charge in [0.2, 0.25) is 5.91 Å². The van der Waals surface area contributed by atoms with Crippen molar-refractivity contribution < 1.29 is 9.59 Å². The van der Waals surface area contributed by atoms with Crippen molar-refractivity contribution in [1.29, 1.82) is 0 Å². The van der Waals surface area contributed by atoms with Gasteiger partial charge in [0.1, 0.15) is 11.6 Å². The third kappa shape index (κ3) is 3.37. The topological polar surface area (TPSA) is 71.1 Å². The number of nitrogens with one attached hydrogen (secondary N) is 2. The predicted molar refractivity (Wildman–Crippen MR) is 91.6 cm³/mol. The molecule has 2 amide bonds. The van der Waals surface area contributed by atoms with Crippen molar-refractivity contribution in [2.24, 2.45) is 0 Å². The van der Waals surface area contributed by atoms with Crippen molar-refractivity contribution >= 4 is 39.1 Å². The van der Waals surface area contributed by atoms with Crippen molar-refractivity contribution in [2.45, 2.75) is 13.0 Å². The maximum absolute atomic E-state index is 12.3. The van der Waals surface area contributed by atoms with Crippen molar-refractivity contribution in [3.63, 3.8) is 0 Å². The largest absolute Gasteiger partial charge is 0.341 e. The summed E-state index contributed by atoms with van der Waals surface area (Å²) in [6.45, 7) is 1.65. The first-order chi connectivity index (χ1) is 11.1. The van der Waals surface area contributed by atoms with Crippen LogP contribution in [0.2, 0.25) is 0 Å². The molecule has 0 aliphatic heterocycles. The molecule has 3 rings (SSSR count). The van der Waals surface area contributed by atoms with E-state index in [2.05, 4.69) is 15.6 Å². The Morgan fingerprint density at radius 3 is 2.65 bits per heavy atom. The van der Waals surface area contributed by atoms with Gasteiger partial charge in [-0.15, -0.1) is 11.3 Å². The van der Waals surface area contributed by atoms with Gasteiger partial charge in [-0.25, -0.2) is 4.98 Å². The van der Waals surface area contributed by atoms with Crippen molar-refractivity contribution in [3.8, 4) is 0 Å². The second-order valence-corrected chi connectivity index (χ2v) is 5.94. The molecule has 1 atom stereocenters. The summed E-state index contributed by atoms with van der Waals surface area (Å²) >= 11 is 1.51. The van der Waals surface area contributed by atoms with E-state index >= 15 is 0 Å². The molecule has 3 aromatic rings. The molecule has 0 aliphatic rings. The summed E-state index contributed by atoms with van der Waals surface area (Å²) < 4.78 is 1.00. The fraction of sp³-hybridized carbons (Fsp3) is 0.118. The summed E-state index contributed by atoms with van der Waals surface area (Å²) in [4.78, 5) is 28.6. The number of hydrogen-bond acceptors (Lipinski definition) is 4. The van der Waals surface area contributed by atoms with Crippen molar-refractivity contribution in [1.82, 2.24) is 10.3 Å². The van der Waals surface area contributed by atoms with Crippen LogP contribution in [0.1, 0.15) is 17.3 Å². The molecule has 0 aliphatic carbocycles. The number of para-hydroxylation sites is 1. The molecule has 1 heterocycles. The smallest absolute Gasteiger partial charge is 0.251 e. The number of benzene rings is 2. The summed E-state index contributed by atoms with van der Waals surface area (Å²) in [5.74, 6) is -0.560. The van der Waals surface area contributed by atoms with E-state index in [1.165, 1.54) is 11.3 Å². The summed E-state index contributed by atoms with van der Waals surface area (Å²) in [6, 6.07) is 13.8. The van der Waals surface area contributed by atoms with Crippen LogP contribution in [0.15, 0.2) is 54.0 Å². The van der Waals surface area contributed by atoms with Crippen LogP contribution in [0.3, 0.4) is 0 Å². The van der Waals surface area contributed by atoms with Crippen LogP contribution in [0.4, 0.5) is 5.69 Å². The number of fused-ring (bicyclic) bond motifs is 1. The fourth-order valence-electron chi connectivity index (χ4n) is 2.16. The van der Waals surface area contributed by atoms with E-state index in [1.807, 2.05) is 18.2 Å². The lowest BCUT2D eigenvalue weighted by atomic mass is 10.2. The summed E-state index contributed by atoms with van der Waals surface area (Å²) in [6.07, 6.45) is 0. The minimum atomic E-state index is -0.656. The molecule has 0 radical (unpaired) electrons. The molecule has 116 valence electrons. The number of nitrogens with zero attached hydrogens (tertiary/aromatic N) is 1. The minimum Gasteiger partial charge on any atom is -0.341 e. The summed E-state index contributed by atoms with van der Waals surface area (Å²) in [5.41, 5.74) is 3.66. The predicted octanol–water partition coefficient (Wildman–Crippen LogP) is 3.05. The Hall–Kier alpha value is -2.73. The van der Waals surface area contributed by atoms with Crippen LogP contribution in [0.5, 0.6) is 0 Å². The maximum Gasteiger partial charge on any atom is 0.251 e. The molecular weight excluding hydrogens is 310 g/mol. The normalized spacial score (nSPS) is 11.9. The van der Waals surface area contributed by atoms with Gasteiger partial charge in [-0.2, -0.15) is 0 Å². The first-order valence-electron chi connectivity index (χ1n) is 7.14. The Balaban J connectivity index is 1.68. The van der Waals surface area contributed by atoms with E-state index in [4.69, 9.17) is 0 Å². The van der Waals surface area contributed by atoms with Gasteiger partial charge in [-0.3, -0.25) is 9.59 Å². The Kier molecular flexibility index (Phi) is 4.34. The molecule has 0 saturated carbocycles. The SMILES string of the molecule is CC(NC(=O)c1ccccc1)C(=O)Nc1cccc2scnc12. The number of thiazole rings is 1. The number of rotatable bonds is 4. The second-order valence-electron chi connectivity index (χ2n) is 5.06. The number of carbonyl (C=O) groups is 2. The number of hydrogen-bond donors (Lipinski definition) is 2. The highest BCUT2D eigenvalue weighted by Crippen LogP contribution is 2.25. The zero-order valence-electron chi connectivity index (χ0n) is 12.4. The Morgan fingerprint density at radius 2 is 1.87 bits per heavy atom. The van der Waals surface area contributed by atoms with Crippen LogP contribution < -0.4 is 10.6 Å². The van der Waals surface area contributed by atoms with Gasteiger partial charge in [0.25, 0.3) is 5.91 Å². The highest BCUT2D eigenvalue weighted by Gasteiger charge is 2.17. The van der Waals surface area contributed by atoms with E-state index in [1.54, 1.807) is 42.8 Å². The highest BCUT2D eigenvalue weighted by molar-refractivity contribution is 7.16. The van der Waals surface area contributed by atoms with Gasteiger partial charge >= 0.3 is 0 Å². The van der Waals surface area contributed by atoms with E-state index in [0.717, 1.165) is 10.2 Å². The first kappa shape index (κ1) is 15.2. The molecule has 0 fully saturated rings. The third-order valence-corrected chi connectivity index (χ3v) is 4.19. The molecule has 1 aromatic heterocycles. The van der Waals surface area contributed by atoms with Crippen LogP contribution >= 0.6 is 11.3 Å². The number of carbonyl (C=O) groups excluding carboxylic acids is 2. The average molecular weight is 325 g/mol. The van der Waals surface area contributed by atoms with Crippen LogP contribution in [0.25, 0.3) is 10.2 Å². The van der Waals surface area contributed by atoms with Crippen LogP contribution in [0, 0.1) is 0 Å². The van der Waals surface area contributed by atoms with Gasteiger partial charge < -0.3 is 10.6 Å². The number of anilines is 1. The average Bonchev–Trinajstić information content (AvgIpc) is 3.05. The lowest BCUT2D eigenvalue weighted by Gasteiger charge is -2.14. The quantitative estimate of drug-likeness (QED) is 0.774. The maximum atomic E-state index is 12.3. The number of amides is 2. The van der Waals surface area contributed by atoms with Crippen molar-refractivity contribution in [2.75, 3.05) is 5.32 Å². The van der Waals surface area contributed by atoms with Gasteiger partial charge in [-0.05, 0) is 31.2 Å². The second kappa shape index (κ2) is 6.58. The van der Waals surface area contributed by atoms with Gasteiger partial charge in [-0.1, -0.05) is 24.3 Å². The van der Waals surface area contributed by atoms with E-state index in [0.29, 0.717) is 11.3 Å². The van der Waals surface area contributed by atoms with E-state index < -0.39 is 6.04 Å². The molecule has 6 heteroatoms. The standard InChI is InChI=1S/C17H15N3O2S/c1-11(19-17(22)12-6-3-2-4-7-12)16(21)20-13-8-5-9-14-15(13)18-10-23-14/h2-11H,1H3,(H,19,22)(H,20,21). The molecule has 23 heavy (non-hydrogen) atoms. The molecule has 1 unspecified atom stereocenters. The van der Waals surface area contributed by atoms with Gasteiger partial charge in [0.15, 0.2) is 0 Å². The molecular formula is C17H15N3O2S. The van der Waals surface area contributed by atoms with Crippen molar-refractivity contribution in [3.05, 3.63) is 59.6 Å². The summed E-state index contributed by atoms with van der Waals surface area (Å²) in [7, 11) is 0. The van der Waals surface area contributed by atoms with Crippen LogP contribution in [-0.2, 0) is 4.79 Å². The Labute approximate surface area is 137 Å². The lowest BCUT2D eigenvalue weighted by Crippen LogP contribution is -2.41. The molecule has 2 aromatic carbocycles. The molecule has 5 nitrogen and oxygen atoms in total. The molecule has 0 saturated heterocycles.